The Bertz CT molecular complexity index is 460. The van der Waals surface area contributed by atoms with Crippen molar-refractivity contribution in [2.75, 3.05) is 23.7 Å². The number of nitrogens with one attached hydrogen (secondary N) is 2. The van der Waals surface area contributed by atoms with E-state index in [0.717, 1.165) is 12.9 Å². The fraction of sp³-hybridized carbons (Fsp3) is 0.444. The Morgan fingerprint density at radius 2 is 2.07 bits per heavy atom. The van der Waals surface area contributed by atoms with E-state index in [2.05, 4.69) is 10.6 Å². The summed E-state index contributed by atoms with van der Waals surface area (Å²) in [6.45, 7) is 5.36. The van der Waals surface area contributed by atoms with Crippen molar-refractivity contribution in [2.24, 2.45) is 0 Å². The average Bonchev–Trinajstić information content (AvgIpc) is 2.72. The molecule has 6 nitrogen and oxygen atoms in total. The highest BCUT2D eigenvalue weighted by molar-refractivity contribution is 5.89. The summed E-state index contributed by atoms with van der Waals surface area (Å²) in [5, 5.41) is 17.3. The summed E-state index contributed by atoms with van der Waals surface area (Å²) in [5.74, 6) is 0.540. The van der Waals surface area contributed by atoms with Crippen molar-refractivity contribution in [1.29, 1.82) is 0 Å². The minimum Gasteiger partial charge on any atom is -0.614 e. The maximum atomic E-state index is 11.2. The van der Waals surface area contributed by atoms with Crippen molar-refractivity contribution in [3.05, 3.63) is 11.6 Å². The topological polar surface area (TPSA) is 77.3 Å². The number of hydrogen-bond donors (Lipinski definition) is 2. The number of fused-ring (bicyclic) bond motifs is 1. The maximum absolute atomic E-state index is 11.2. The third kappa shape index (κ3) is 1.47. The Labute approximate surface area is 86.4 Å². The van der Waals surface area contributed by atoms with Crippen molar-refractivity contribution in [1.82, 2.24) is 0 Å². The zero-order chi connectivity index (χ0) is 10.8. The van der Waals surface area contributed by atoms with E-state index < -0.39 is 0 Å². The van der Waals surface area contributed by atoms with Gasteiger partial charge in [0.1, 0.15) is 5.69 Å². The maximum Gasteiger partial charge on any atom is 0.435 e. The van der Waals surface area contributed by atoms with Crippen LogP contribution in [-0.2, 0) is 0 Å². The van der Waals surface area contributed by atoms with Crippen LogP contribution in [0.5, 0.6) is 0 Å². The first-order valence-electron chi connectivity index (χ1n) is 4.88. The molecular weight excluding hydrogens is 198 g/mol. The molecule has 2 aromatic rings. The zero-order valence-corrected chi connectivity index (χ0v) is 8.66. The molecule has 15 heavy (non-hydrogen) atoms. The lowest BCUT2D eigenvalue weighted by Crippen LogP contribution is -2.21. The highest BCUT2D eigenvalue weighted by Gasteiger charge is 2.23. The summed E-state index contributed by atoms with van der Waals surface area (Å²) in [7, 11) is 0. The summed E-state index contributed by atoms with van der Waals surface area (Å²) < 4.78 is 11.0. The summed E-state index contributed by atoms with van der Waals surface area (Å²) in [4.78, 5) is 0. The molecule has 2 aromatic heterocycles. The number of rotatable bonds is 4. The molecule has 0 saturated heterocycles. The largest absolute Gasteiger partial charge is 0.614 e. The van der Waals surface area contributed by atoms with Gasteiger partial charge in [0, 0.05) is 13.1 Å². The lowest BCUT2D eigenvalue weighted by Gasteiger charge is -2.02. The molecule has 0 radical (unpaired) electrons. The SMILES string of the molecule is CCNc1oc2c(oc[n+]2[O-])c1NCC. The van der Waals surface area contributed by atoms with E-state index in [9.17, 15) is 5.21 Å². The normalized spacial score (nSPS) is 10.8. The Morgan fingerprint density at radius 1 is 1.33 bits per heavy atom. The van der Waals surface area contributed by atoms with Gasteiger partial charge in [0.05, 0.1) is 0 Å². The van der Waals surface area contributed by atoms with Crippen LogP contribution in [0.2, 0.25) is 0 Å². The fourth-order valence-electron chi connectivity index (χ4n) is 1.43. The van der Waals surface area contributed by atoms with Crippen LogP contribution < -0.4 is 15.4 Å². The summed E-state index contributed by atoms with van der Waals surface area (Å²) in [5.41, 5.74) is 1.33. The monoisotopic (exact) mass is 211 g/mol. The van der Waals surface area contributed by atoms with E-state index in [1.54, 1.807) is 0 Å². The van der Waals surface area contributed by atoms with Crippen molar-refractivity contribution in [3.8, 4) is 0 Å². The van der Waals surface area contributed by atoms with Crippen LogP contribution in [0.4, 0.5) is 11.6 Å². The van der Waals surface area contributed by atoms with Gasteiger partial charge in [-0.2, -0.15) is 0 Å². The van der Waals surface area contributed by atoms with Crippen LogP contribution in [0.25, 0.3) is 11.3 Å². The van der Waals surface area contributed by atoms with Gasteiger partial charge >= 0.3 is 12.1 Å². The zero-order valence-electron chi connectivity index (χ0n) is 8.66. The van der Waals surface area contributed by atoms with Gasteiger partial charge in [0.15, 0.2) is 0 Å². The molecule has 2 rings (SSSR count). The van der Waals surface area contributed by atoms with Crippen molar-refractivity contribution >= 4 is 22.9 Å². The lowest BCUT2D eigenvalue weighted by atomic mass is 10.4. The van der Waals surface area contributed by atoms with Crippen molar-refractivity contribution in [2.45, 2.75) is 13.8 Å². The van der Waals surface area contributed by atoms with Crippen molar-refractivity contribution < 1.29 is 13.6 Å². The van der Waals surface area contributed by atoms with E-state index in [4.69, 9.17) is 8.83 Å². The molecule has 2 N–H and O–H groups in total. The van der Waals surface area contributed by atoms with Crippen LogP contribution in [-0.4, -0.2) is 13.1 Å². The quantitative estimate of drug-likeness (QED) is 0.592. The van der Waals surface area contributed by atoms with Crippen LogP contribution in [0.1, 0.15) is 13.8 Å². The summed E-state index contributed by atoms with van der Waals surface area (Å²) in [6.07, 6.45) is 1.07. The highest BCUT2D eigenvalue weighted by Crippen LogP contribution is 2.33. The molecule has 0 bridgehead atoms. The molecule has 0 aromatic carbocycles. The molecule has 0 amide bonds. The number of nitrogens with zero attached hydrogens (tertiary/aromatic N) is 1. The smallest absolute Gasteiger partial charge is 0.435 e. The second-order valence-corrected chi connectivity index (χ2v) is 3.05. The fourth-order valence-corrected chi connectivity index (χ4v) is 1.43. The first-order chi connectivity index (χ1) is 7.27. The first kappa shape index (κ1) is 9.70. The Kier molecular flexibility index (Phi) is 2.40. The number of furan rings is 1. The average molecular weight is 211 g/mol. The van der Waals surface area contributed by atoms with Crippen LogP contribution in [0.15, 0.2) is 15.2 Å². The number of aromatic nitrogens is 1. The molecule has 0 atom stereocenters. The molecule has 0 aliphatic carbocycles. The second kappa shape index (κ2) is 3.72. The van der Waals surface area contributed by atoms with Gasteiger partial charge in [-0.3, -0.25) is 0 Å². The molecule has 0 fully saturated rings. The van der Waals surface area contributed by atoms with Gasteiger partial charge in [-0.25, -0.2) is 0 Å². The first-order valence-corrected chi connectivity index (χ1v) is 4.88. The standard InChI is InChI=1S/C9H13N3O3/c1-3-10-6-7-9(12(13)5-14-7)15-8(6)11-4-2/h5,10-11H,3-4H2,1-2H3. The van der Waals surface area contributed by atoms with E-state index >= 15 is 0 Å². The molecule has 0 aliphatic rings. The van der Waals surface area contributed by atoms with E-state index in [1.165, 1.54) is 0 Å². The molecule has 0 unspecified atom stereocenters. The van der Waals surface area contributed by atoms with E-state index in [1.807, 2.05) is 13.8 Å². The molecule has 82 valence electrons. The molecular formula is C9H13N3O3. The Morgan fingerprint density at radius 3 is 2.73 bits per heavy atom. The van der Waals surface area contributed by atoms with Crippen LogP contribution in [0, 0.1) is 5.21 Å². The molecule has 0 spiro atoms. The molecule has 6 heteroatoms. The number of anilines is 2. The lowest BCUT2D eigenvalue weighted by molar-refractivity contribution is -0.590. The molecule has 0 saturated carbocycles. The van der Waals surface area contributed by atoms with E-state index in [-0.39, 0.29) is 5.71 Å². The third-order valence-electron chi connectivity index (χ3n) is 2.00. The van der Waals surface area contributed by atoms with Gasteiger partial charge in [0.25, 0.3) is 5.58 Å². The second-order valence-electron chi connectivity index (χ2n) is 3.05. The number of hydrogen-bond acceptors (Lipinski definition) is 5. The predicted octanol–water partition coefficient (Wildman–Crippen LogP) is 1.52. The minimum atomic E-state index is 0.182. The summed E-state index contributed by atoms with van der Waals surface area (Å²) in [6, 6.07) is 0. The van der Waals surface area contributed by atoms with Gasteiger partial charge in [0.2, 0.25) is 5.88 Å². The minimum absolute atomic E-state index is 0.182. The van der Waals surface area contributed by atoms with Gasteiger partial charge in [-0.1, -0.05) is 0 Å². The summed E-state index contributed by atoms with van der Waals surface area (Å²) >= 11 is 0. The Balaban J connectivity index is 2.53. The van der Waals surface area contributed by atoms with Gasteiger partial charge in [-0.15, -0.1) is 4.73 Å². The third-order valence-corrected chi connectivity index (χ3v) is 2.00. The predicted molar refractivity (Wildman–Crippen MR) is 55.8 cm³/mol. The molecule has 2 heterocycles. The van der Waals surface area contributed by atoms with E-state index in [0.29, 0.717) is 28.4 Å². The number of oxazole rings is 1. The van der Waals surface area contributed by atoms with Crippen molar-refractivity contribution in [3.63, 3.8) is 0 Å². The Hall–Kier alpha value is -1.85. The van der Waals surface area contributed by atoms with Gasteiger partial charge < -0.3 is 24.7 Å². The van der Waals surface area contributed by atoms with Crippen LogP contribution in [0.3, 0.4) is 0 Å². The molecule has 0 aliphatic heterocycles. The van der Waals surface area contributed by atoms with Gasteiger partial charge in [-0.05, 0) is 13.8 Å². The highest BCUT2D eigenvalue weighted by atomic mass is 16.5. The van der Waals surface area contributed by atoms with Crippen LogP contribution >= 0.6 is 0 Å².